The zero-order chi connectivity index (χ0) is 20.5. The van der Waals surface area contributed by atoms with Crippen molar-refractivity contribution in [1.29, 1.82) is 5.26 Å². The average molecular weight is 427 g/mol. The van der Waals surface area contributed by atoms with Gasteiger partial charge in [0.05, 0.1) is 28.9 Å². The van der Waals surface area contributed by atoms with E-state index in [0.29, 0.717) is 26.7 Å². The van der Waals surface area contributed by atoms with Crippen LogP contribution in [-0.4, -0.2) is 34.9 Å². The van der Waals surface area contributed by atoms with Crippen molar-refractivity contribution >= 4 is 34.8 Å². The molecule has 1 aromatic heterocycles. The number of nitrogens with zero attached hydrogens (tertiary/aromatic N) is 3. The SMILES string of the molecule is N#Cc1cc(F)cc(-c2sc(C(=O)N3CNC(=O)C3)nc2-c2cccc(Cl)c2)c1. The molecule has 2 heterocycles. The van der Waals surface area contributed by atoms with Crippen LogP contribution in [0.2, 0.25) is 5.02 Å². The number of halogens is 2. The number of amides is 2. The second-order valence-corrected chi connectivity index (χ2v) is 7.74. The number of nitriles is 1. The molecule has 0 aliphatic carbocycles. The van der Waals surface area contributed by atoms with Gasteiger partial charge in [0, 0.05) is 10.6 Å². The number of aromatic nitrogens is 1. The van der Waals surface area contributed by atoms with Crippen molar-refractivity contribution < 1.29 is 14.0 Å². The van der Waals surface area contributed by atoms with Crippen molar-refractivity contribution in [2.75, 3.05) is 13.2 Å². The van der Waals surface area contributed by atoms with Crippen molar-refractivity contribution in [2.24, 2.45) is 0 Å². The van der Waals surface area contributed by atoms with Gasteiger partial charge in [-0.1, -0.05) is 23.7 Å². The molecule has 6 nitrogen and oxygen atoms in total. The number of hydrogen-bond acceptors (Lipinski definition) is 5. The smallest absolute Gasteiger partial charge is 0.284 e. The van der Waals surface area contributed by atoms with E-state index in [-0.39, 0.29) is 29.7 Å². The largest absolute Gasteiger partial charge is 0.337 e. The lowest BCUT2D eigenvalue weighted by atomic mass is 10.0. The van der Waals surface area contributed by atoms with Gasteiger partial charge in [0.1, 0.15) is 12.4 Å². The van der Waals surface area contributed by atoms with Gasteiger partial charge in [0.25, 0.3) is 5.91 Å². The molecule has 0 atom stereocenters. The van der Waals surface area contributed by atoms with E-state index in [1.54, 1.807) is 30.3 Å². The first kappa shape index (κ1) is 19.1. The zero-order valence-corrected chi connectivity index (χ0v) is 16.4. The molecule has 144 valence electrons. The Kier molecular flexibility index (Phi) is 5.01. The number of rotatable bonds is 3. The summed E-state index contributed by atoms with van der Waals surface area (Å²) in [6, 6.07) is 12.8. The highest BCUT2D eigenvalue weighted by molar-refractivity contribution is 7.17. The molecule has 0 unspecified atom stereocenters. The first-order valence-corrected chi connectivity index (χ1v) is 9.68. The summed E-state index contributed by atoms with van der Waals surface area (Å²) in [5, 5.41) is 12.4. The number of benzene rings is 2. The molecule has 29 heavy (non-hydrogen) atoms. The minimum Gasteiger partial charge on any atom is -0.337 e. The van der Waals surface area contributed by atoms with E-state index in [1.165, 1.54) is 11.0 Å². The molecule has 1 fully saturated rings. The Bertz CT molecular complexity index is 1190. The lowest BCUT2D eigenvalue weighted by Crippen LogP contribution is -2.29. The van der Waals surface area contributed by atoms with Crippen LogP contribution in [0.1, 0.15) is 15.4 Å². The summed E-state index contributed by atoms with van der Waals surface area (Å²) in [6.45, 7) is 0.0659. The second kappa shape index (κ2) is 7.62. The summed E-state index contributed by atoms with van der Waals surface area (Å²) in [5.74, 6) is -1.21. The first-order valence-electron chi connectivity index (χ1n) is 8.48. The molecule has 1 aliphatic heterocycles. The van der Waals surface area contributed by atoms with Gasteiger partial charge < -0.3 is 10.2 Å². The lowest BCUT2D eigenvalue weighted by Gasteiger charge is -2.10. The summed E-state index contributed by atoms with van der Waals surface area (Å²) in [6.07, 6.45) is 0. The molecular formula is C20H12ClFN4O2S. The summed E-state index contributed by atoms with van der Waals surface area (Å²) >= 11 is 7.18. The Hall–Kier alpha value is -3.28. The van der Waals surface area contributed by atoms with E-state index in [0.717, 1.165) is 17.4 Å². The normalized spacial score (nSPS) is 13.3. The number of carbonyl (C=O) groups excluding carboxylic acids is 2. The fraction of sp³-hybridized carbons (Fsp3) is 0.100. The lowest BCUT2D eigenvalue weighted by molar-refractivity contribution is -0.118. The zero-order valence-electron chi connectivity index (χ0n) is 14.8. The Labute approximate surface area is 174 Å². The summed E-state index contributed by atoms with van der Waals surface area (Å²) in [4.78, 5) is 30.6. The van der Waals surface area contributed by atoms with Crippen molar-refractivity contribution in [3.63, 3.8) is 0 Å². The minimum atomic E-state index is -0.563. The Balaban J connectivity index is 1.86. The predicted molar refractivity (Wildman–Crippen MR) is 107 cm³/mol. The van der Waals surface area contributed by atoms with Crippen molar-refractivity contribution in [3.05, 3.63) is 63.9 Å². The highest BCUT2D eigenvalue weighted by atomic mass is 35.5. The van der Waals surface area contributed by atoms with Crippen LogP contribution >= 0.6 is 22.9 Å². The Morgan fingerprint density at radius 1 is 1.28 bits per heavy atom. The van der Waals surface area contributed by atoms with Crippen LogP contribution in [0, 0.1) is 17.1 Å². The average Bonchev–Trinajstić information content (AvgIpc) is 3.33. The fourth-order valence-electron chi connectivity index (χ4n) is 2.97. The van der Waals surface area contributed by atoms with Crippen LogP contribution < -0.4 is 5.32 Å². The van der Waals surface area contributed by atoms with Gasteiger partial charge in [-0.25, -0.2) is 9.37 Å². The monoisotopic (exact) mass is 426 g/mol. The summed E-state index contributed by atoms with van der Waals surface area (Å²) in [5.41, 5.74) is 1.70. The molecule has 0 saturated carbocycles. The van der Waals surface area contributed by atoms with Gasteiger partial charge in [-0.15, -0.1) is 11.3 Å². The standard InChI is InChI=1S/C20H12ClFN4O2S/c21-14-3-1-2-12(6-14)17-18(13-4-11(8-23)5-15(22)7-13)29-19(25-17)20(28)26-9-16(27)24-10-26/h1-7H,9-10H2,(H,24,27). The van der Waals surface area contributed by atoms with Crippen LogP contribution in [0.25, 0.3) is 21.7 Å². The van der Waals surface area contributed by atoms with Crippen LogP contribution in [0.3, 0.4) is 0 Å². The third-order valence-electron chi connectivity index (χ3n) is 4.29. The van der Waals surface area contributed by atoms with Gasteiger partial charge in [-0.05, 0) is 35.9 Å². The molecule has 0 bridgehead atoms. The molecule has 1 saturated heterocycles. The maximum Gasteiger partial charge on any atom is 0.284 e. The van der Waals surface area contributed by atoms with Crippen molar-refractivity contribution in [1.82, 2.24) is 15.2 Å². The predicted octanol–water partition coefficient (Wildman–Crippen LogP) is 3.67. The van der Waals surface area contributed by atoms with E-state index in [1.807, 2.05) is 6.07 Å². The number of hydrogen-bond donors (Lipinski definition) is 1. The number of nitrogens with one attached hydrogen (secondary N) is 1. The van der Waals surface area contributed by atoms with Gasteiger partial charge in [0.15, 0.2) is 5.01 Å². The van der Waals surface area contributed by atoms with Crippen LogP contribution in [0.15, 0.2) is 42.5 Å². The van der Waals surface area contributed by atoms with Gasteiger partial charge in [-0.3, -0.25) is 9.59 Å². The van der Waals surface area contributed by atoms with Crippen LogP contribution in [0.5, 0.6) is 0 Å². The van der Waals surface area contributed by atoms with E-state index < -0.39 is 11.7 Å². The maximum atomic E-state index is 14.0. The van der Waals surface area contributed by atoms with Crippen molar-refractivity contribution in [3.8, 4) is 27.8 Å². The molecule has 1 N–H and O–H groups in total. The summed E-state index contributed by atoms with van der Waals surface area (Å²) in [7, 11) is 0. The van der Waals surface area contributed by atoms with Gasteiger partial charge >= 0.3 is 0 Å². The minimum absolute atomic E-state index is 0.0429. The van der Waals surface area contributed by atoms with Gasteiger partial charge in [-0.2, -0.15) is 5.26 Å². The molecule has 9 heteroatoms. The number of thiazole rings is 1. The second-order valence-electron chi connectivity index (χ2n) is 6.31. The van der Waals surface area contributed by atoms with E-state index in [2.05, 4.69) is 10.3 Å². The fourth-order valence-corrected chi connectivity index (χ4v) is 4.20. The third kappa shape index (κ3) is 3.83. The first-order chi connectivity index (χ1) is 13.9. The molecule has 0 spiro atoms. The number of carbonyl (C=O) groups is 2. The molecule has 1 aliphatic rings. The molecule has 2 aromatic carbocycles. The van der Waals surface area contributed by atoms with Crippen LogP contribution in [0.4, 0.5) is 4.39 Å². The van der Waals surface area contributed by atoms with E-state index >= 15 is 0 Å². The molecular weight excluding hydrogens is 415 g/mol. The quantitative estimate of drug-likeness (QED) is 0.692. The maximum absolute atomic E-state index is 14.0. The third-order valence-corrected chi connectivity index (χ3v) is 5.61. The highest BCUT2D eigenvalue weighted by Crippen LogP contribution is 2.38. The molecule has 2 amide bonds. The summed E-state index contributed by atoms with van der Waals surface area (Å²) < 4.78 is 14.0. The Morgan fingerprint density at radius 3 is 2.79 bits per heavy atom. The topological polar surface area (TPSA) is 86.1 Å². The van der Waals surface area contributed by atoms with Gasteiger partial charge in [0.2, 0.25) is 5.91 Å². The molecule has 4 rings (SSSR count). The van der Waals surface area contributed by atoms with E-state index in [4.69, 9.17) is 11.6 Å². The van der Waals surface area contributed by atoms with Crippen molar-refractivity contribution in [2.45, 2.75) is 0 Å². The molecule has 0 radical (unpaired) electrons. The highest BCUT2D eigenvalue weighted by Gasteiger charge is 2.28. The van der Waals surface area contributed by atoms with Crippen LogP contribution in [-0.2, 0) is 4.79 Å². The van der Waals surface area contributed by atoms with E-state index in [9.17, 15) is 19.2 Å². The Morgan fingerprint density at radius 2 is 2.10 bits per heavy atom. The molecule has 3 aromatic rings.